The molecule has 0 aliphatic heterocycles. The molecule has 0 aromatic heterocycles. The van der Waals surface area contributed by atoms with Gasteiger partial charge in [0.15, 0.2) is 5.41 Å². The van der Waals surface area contributed by atoms with Crippen LogP contribution in [0.25, 0.3) is 0 Å². The van der Waals surface area contributed by atoms with Gasteiger partial charge in [-0.1, -0.05) is 52.9 Å². The van der Waals surface area contributed by atoms with Gasteiger partial charge in [-0.25, -0.2) is 0 Å². The fourth-order valence-electron chi connectivity index (χ4n) is 3.05. The summed E-state index contributed by atoms with van der Waals surface area (Å²) >= 11 is 0. The van der Waals surface area contributed by atoms with Gasteiger partial charge in [-0.2, -0.15) is 5.26 Å². The van der Waals surface area contributed by atoms with E-state index in [9.17, 15) is 14.9 Å². The van der Waals surface area contributed by atoms with Crippen LogP contribution in [0.2, 0.25) is 0 Å². The Hall–Kier alpha value is -1.57. The zero-order valence-electron chi connectivity index (χ0n) is 16.6. The van der Waals surface area contributed by atoms with Crippen LogP contribution in [-0.4, -0.2) is 25.2 Å². The van der Waals surface area contributed by atoms with Crippen LogP contribution in [0.15, 0.2) is 0 Å². The van der Waals surface area contributed by atoms with Crippen molar-refractivity contribution in [3.8, 4) is 6.07 Å². The smallest absolute Gasteiger partial charge is 0.327 e. The third kappa shape index (κ3) is 7.46. The van der Waals surface area contributed by atoms with Crippen molar-refractivity contribution in [3.63, 3.8) is 0 Å². The van der Waals surface area contributed by atoms with E-state index in [1.54, 1.807) is 13.8 Å². The summed E-state index contributed by atoms with van der Waals surface area (Å²) in [6.45, 7) is 10.1. The largest absolute Gasteiger partial charge is 0.466 e. The lowest BCUT2D eigenvalue weighted by Gasteiger charge is -2.31. The van der Waals surface area contributed by atoms with E-state index in [0.29, 0.717) is 25.2 Å². The molecule has 0 aromatic rings. The molecule has 0 aliphatic carbocycles. The van der Waals surface area contributed by atoms with Crippen LogP contribution in [0.5, 0.6) is 0 Å². The number of nitriles is 1. The molecule has 0 N–H and O–H groups in total. The maximum Gasteiger partial charge on any atom is 0.327 e. The number of ether oxygens (including phenoxy) is 2. The Morgan fingerprint density at radius 2 is 1.64 bits per heavy atom. The fourth-order valence-corrected chi connectivity index (χ4v) is 3.05. The summed E-state index contributed by atoms with van der Waals surface area (Å²) in [6.07, 6.45) is 5.14. The summed E-state index contributed by atoms with van der Waals surface area (Å²) in [6, 6.07) is 2.16. The molecule has 0 bridgehead atoms. The van der Waals surface area contributed by atoms with Crippen LogP contribution in [0, 0.1) is 28.6 Å². The number of unbranched alkanes of at least 4 members (excludes halogenated alkanes) is 2. The number of esters is 2. The molecule has 0 fully saturated rings. The third-order valence-electron chi connectivity index (χ3n) is 4.45. The minimum Gasteiger partial charge on any atom is -0.466 e. The van der Waals surface area contributed by atoms with Gasteiger partial charge in [0, 0.05) is 0 Å². The fraction of sp³-hybridized carbons (Fsp3) is 0.850. The number of hydrogen-bond donors (Lipinski definition) is 0. The normalized spacial score (nSPS) is 14.4. The van der Waals surface area contributed by atoms with Crippen molar-refractivity contribution in [2.75, 3.05) is 13.2 Å². The van der Waals surface area contributed by atoms with E-state index in [0.717, 1.165) is 25.7 Å². The van der Waals surface area contributed by atoms with Gasteiger partial charge in [0.05, 0.1) is 25.2 Å². The number of rotatable bonds is 13. The Balaban J connectivity index is 5.63. The summed E-state index contributed by atoms with van der Waals surface area (Å²) < 4.78 is 10.4. The first-order valence-corrected chi connectivity index (χ1v) is 9.64. The molecule has 0 aromatic carbocycles. The lowest BCUT2D eigenvalue weighted by molar-refractivity contribution is -0.166. The van der Waals surface area contributed by atoms with Crippen LogP contribution < -0.4 is 0 Å². The molecule has 0 saturated heterocycles. The summed E-state index contributed by atoms with van der Waals surface area (Å²) in [7, 11) is 0. The highest BCUT2D eigenvalue weighted by molar-refractivity contribution is 5.88. The quantitative estimate of drug-likeness (QED) is 0.356. The lowest BCUT2D eigenvalue weighted by Crippen LogP contribution is -2.43. The summed E-state index contributed by atoms with van der Waals surface area (Å²) in [5.74, 6) is -1.34. The van der Waals surface area contributed by atoms with E-state index in [1.807, 2.05) is 0 Å². The van der Waals surface area contributed by atoms with Gasteiger partial charge in [0.25, 0.3) is 0 Å². The molecular weight excluding hydrogens is 318 g/mol. The Morgan fingerprint density at radius 1 is 1.00 bits per heavy atom. The maximum absolute atomic E-state index is 12.7. The molecular formula is C20H35NO4. The van der Waals surface area contributed by atoms with Gasteiger partial charge in [0.1, 0.15) is 0 Å². The van der Waals surface area contributed by atoms with Crippen molar-refractivity contribution in [1.82, 2.24) is 0 Å². The van der Waals surface area contributed by atoms with Gasteiger partial charge < -0.3 is 9.47 Å². The standard InChI is InChI=1S/C20H35NO4/c1-6-9-10-13-17(18(22)24-7-2)20(15-21,19(23)25-8-3)14-11-12-16(4)5/h16-17H,6-14H2,1-5H3. The molecule has 144 valence electrons. The molecule has 0 heterocycles. The number of hydrogen-bond acceptors (Lipinski definition) is 5. The van der Waals surface area contributed by atoms with Crippen LogP contribution in [-0.2, 0) is 19.1 Å². The minimum atomic E-state index is -1.45. The SMILES string of the molecule is CCCCCC(C(=O)OCC)C(C#N)(CCCC(C)C)C(=O)OCC. The van der Waals surface area contributed by atoms with E-state index in [4.69, 9.17) is 9.47 Å². The minimum absolute atomic E-state index is 0.191. The van der Waals surface area contributed by atoms with E-state index < -0.39 is 23.3 Å². The molecule has 0 radical (unpaired) electrons. The topological polar surface area (TPSA) is 76.4 Å². The zero-order chi connectivity index (χ0) is 19.3. The monoisotopic (exact) mass is 353 g/mol. The molecule has 0 spiro atoms. The molecule has 5 nitrogen and oxygen atoms in total. The van der Waals surface area contributed by atoms with E-state index >= 15 is 0 Å². The Morgan fingerprint density at radius 3 is 2.12 bits per heavy atom. The van der Waals surface area contributed by atoms with Crippen molar-refractivity contribution >= 4 is 11.9 Å². The second-order valence-electron chi connectivity index (χ2n) is 6.89. The second kappa shape index (κ2) is 12.7. The lowest BCUT2D eigenvalue weighted by atomic mass is 9.70. The zero-order valence-corrected chi connectivity index (χ0v) is 16.6. The van der Waals surface area contributed by atoms with Crippen LogP contribution >= 0.6 is 0 Å². The van der Waals surface area contributed by atoms with E-state index in [-0.39, 0.29) is 13.2 Å². The van der Waals surface area contributed by atoms with Gasteiger partial charge >= 0.3 is 11.9 Å². The summed E-state index contributed by atoms with van der Waals surface area (Å²) in [4.78, 5) is 25.3. The summed E-state index contributed by atoms with van der Waals surface area (Å²) in [5.41, 5.74) is -1.45. The highest BCUT2D eigenvalue weighted by atomic mass is 16.5. The second-order valence-corrected chi connectivity index (χ2v) is 6.89. The third-order valence-corrected chi connectivity index (χ3v) is 4.45. The maximum atomic E-state index is 12.7. The van der Waals surface area contributed by atoms with Crippen molar-refractivity contribution in [2.24, 2.45) is 17.3 Å². The highest BCUT2D eigenvalue weighted by Crippen LogP contribution is 2.39. The van der Waals surface area contributed by atoms with Gasteiger partial charge in [-0.05, 0) is 32.6 Å². The van der Waals surface area contributed by atoms with Gasteiger partial charge in [0.2, 0.25) is 0 Å². The predicted octanol–water partition coefficient (Wildman–Crippen LogP) is 4.65. The van der Waals surface area contributed by atoms with Crippen molar-refractivity contribution < 1.29 is 19.1 Å². The molecule has 0 amide bonds. The average Bonchev–Trinajstić information content (AvgIpc) is 2.56. The number of carbonyl (C=O) groups excluding carboxylic acids is 2. The predicted molar refractivity (Wildman–Crippen MR) is 97.6 cm³/mol. The molecule has 0 saturated carbocycles. The molecule has 2 atom stereocenters. The first-order valence-electron chi connectivity index (χ1n) is 9.64. The first kappa shape index (κ1) is 23.4. The highest BCUT2D eigenvalue weighted by Gasteiger charge is 2.51. The van der Waals surface area contributed by atoms with Crippen LogP contribution in [0.1, 0.15) is 79.6 Å². The Labute approximate surface area is 153 Å². The number of carbonyl (C=O) groups is 2. The van der Waals surface area contributed by atoms with Crippen molar-refractivity contribution in [3.05, 3.63) is 0 Å². The van der Waals surface area contributed by atoms with Gasteiger partial charge in [-0.3, -0.25) is 9.59 Å². The average molecular weight is 354 g/mol. The van der Waals surface area contributed by atoms with Crippen LogP contribution in [0.3, 0.4) is 0 Å². The first-order chi connectivity index (χ1) is 11.9. The van der Waals surface area contributed by atoms with E-state index in [2.05, 4.69) is 26.8 Å². The summed E-state index contributed by atoms with van der Waals surface area (Å²) in [5, 5.41) is 9.92. The number of nitrogens with zero attached hydrogens (tertiary/aromatic N) is 1. The van der Waals surface area contributed by atoms with Gasteiger partial charge in [-0.15, -0.1) is 0 Å². The van der Waals surface area contributed by atoms with Crippen molar-refractivity contribution in [1.29, 1.82) is 5.26 Å². The molecule has 0 rings (SSSR count). The van der Waals surface area contributed by atoms with E-state index in [1.165, 1.54) is 0 Å². The molecule has 5 heteroatoms. The Kier molecular flexibility index (Phi) is 11.9. The van der Waals surface area contributed by atoms with Crippen LogP contribution in [0.4, 0.5) is 0 Å². The Bertz CT molecular complexity index is 441. The molecule has 2 unspecified atom stereocenters. The molecule has 0 aliphatic rings. The molecule has 25 heavy (non-hydrogen) atoms. The van der Waals surface area contributed by atoms with Crippen molar-refractivity contribution in [2.45, 2.75) is 79.6 Å².